The smallest absolute Gasteiger partial charge is 0.156 e. The molecule has 0 atom stereocenters. The number of nitrogens with zero attached hydrogens (tertiary/aromatic N) is 2. The van der Waals surface area contributed by atoms with Crippen LogP contribution >= 0.6 is 15.9 Å². The average molecular weight is 360 g/mol. The first kappa shape index (κ1) is 13.9. The van der Waals surface area contributed by atoms with Crippen molar-refractivity contribution in [2.75, 3.05) is 5.32 Å². The molecule has 1 aliphatic carbocycles. The monoisotopic (exact) mass is 359 g/mol. The van der Waals surface area contributed by atoms with Gasteiger partial charge in [0, 0.05) is 16.7 Å². The lowest BCUT2D eigenvalue weighted by Gasteiger charge is -2.24. The Morgan fingerprint density at radius 3 is 2.82 bits per heavy atom. The Morgan fingerprint density at radius 1 is 1.18 bits per heavy atom. The first-order valence-corrected chi connectivity index (χ1v) is 8.58. The van der Waals surface area contributed by atoms with Crippen molar-refractivity contribution in [2.24, 2.45) is 0 Å². The lowest BCUT2D eigenvalue weighted by atomic mass is 9.95. The molecular weight excluding hydrogens is 342 g/mol. The molecule has 1 fully saturated rings. The molecule has 0 spiro atoms. The Kier molecular flexibility index (Phi) is 3.66. The van der Waals surface area contributed by atoms with Gasteiger partial charge in [0.1, 0.15) is 17.2 Å². The Hall–Kier alpha value is -1.75. The van der Waals surface area contributed by atoms with E-state index in [1.807, 2.05) is 24.3 Å². The number of pyridine rings is 1. The van der Waals surface area contributed by atoms with Crippen molar-refractivity contribution in [3.8, 4) is 11.5 Å². The molecule has 0 bridgehead atoms. The summed E-state index contributed by atoms with van der Waals surface area (Å²) < 4.78 is 8.73. The highest BCUT2D eigenvalue weighted by molar-refractivity contribution is 9.10. The van der Waals surface area contributed by atoms with E-state index in [1.165, 1.54) is 32.1 Å². The van der Waals surface area contributed by atoms with Crippen LogP contribution in [0.4, 0.5) is 5.82 Å². The molecule has 1 saturated carbocycles. The van der Waals surface area contributed by atoms with Crippen molar-refractivity contribution >= 4 is 27.4 Å². The minimum absolute atomic E-state index is 0.515. The number of hydrogen-bond acceptors (Lipinski definition) is 3. The zero-order valence-electron chi connectivity index (χ0n) is 12.3. The van der Waals surface area contributed by atoms with E-state index < -0.39 is 0 Å². The van der Waals surface area contributed by atoms with Crippen molar-refractivity contribution < 1.29 is 4.42 Å². The summed E-state index contributed by atoms with van der Waals surface area (Å²) in [6, 6.07) is 8.41. The van der Waals surface area contributed by atoms with Crippen molar-refractivity contribution in [3.63, 3.8) is 0 Å². The second-order valence-corrected chi connectivity index (χ2v) is 6.76. The molecule has 4 rings (SSSR count). The molecule has 1 aliphatic rings. The SMILES string of the molecule is Brc1ccc2nc(-c3ccco3)c(NC3CCCCC3)n2c1. The van der Waals surface area contributed by atoms with Crippen LogP contribution in [0.2, 0.25) is 0 Å². The Labute approximate surface area is 137 Å². The highest BCUT2D eigenvalue weighted by atomic mass is 79.9. The van der Waals surface area contributed by atoms with Gasteiger partial charge in [0.2, 0.25) is 0 Å². The van der Waals surface area contributed by atoms with Crippen LogP contribution in [0.3, 0.4) is 0 Å². The number of rotatable bonds is 3. The largest absolute Gasteiger partial charge is 0.463 e. The van der Waals surface area contributed by atoms with E-state index in [9.17, 15) is 0 Å². The number of nitrogens with one attached hydrogen (secondary N) is 1. The standard InChI is InChI=1S/C17H18BrN3O/c18-12-8-9-15-20-16(14-7-4-10-22-14)17(21(15)11-12)19-13-5-2-1-3-6-13/h4,7-11,13,19H,1-3,5-6H2. The van der Waals surface area contributed by atoms with E-state index in [4.69, 9.17) is 9.40 Å². The Bertz CT molecular complexity index is 773. The van der Waals surface area contributed by atoms with E-state index in [0.717, 1.165) is 27.4 Å². The second-order valence-electron chi connectivity index (χ2n) is 5.84. The second kappa shape index (κ2) is 5.80. The van der Waals surface area contributed by atoms with Gasteiger partial charge in [0.25, 0.3) is 0 Å². The van der Waals surface area contributed by atoms with Crippen molar-refractivity contribution in [2.45, 2.75) is 38.1 Å². The van der Waals surface area contributed by atoms with Gasteiger partial charge in [-0.2, -0.15) is 0 Å². The summed E-state index contributed by atoms with van der Waals surface area (Å²) in [7, 11) is 0. The van der Waals surface area contributed by atoms with E-state index in [2.05, 4.69) is 31.8 Å². The van der Waals surface area contributed by atoms with E-state index in [1.54, 1.807) is 6.26 Å². The van der Waals surface area contributed by atoms with Gasteiger partial charge in [-0.05, 0) is 53.0 Å². The van der Waals surface area contributed by atoms with E-state index in [-0.39, 0.29) is 0 Å². The van der Waals surface area contributed by atoms with Gasteiger partial charge in [-0.1, -0.05) is 19.3 Å². The van der Waals surface area contributed by atoms with Gasteiger partial charge in [-0.3, -0.25) is 4.40 Å². The molecule has 4 nitrogen and oxygen atoms in total. The summed E-state index contributed by atoms with van der Waals surface area (Å²) in [5.41, 5.74) is 1.81. The average Bonchev–Trinajstić information content (AvgIpc) is 3.17. The van der Waals surface area contributed by atoms with Crippen LogP contribution in [0.25, 0.3) is 17.1 Å². The maximum atomic E-state index is 5.58. The van der Waals surface area contributed by atoms with Crippen LogP contribution < -0.4 is 5.32 Å². The molecule has 3 aromatic heterocycles. The van der Waals surface area contributed by atoms with Crippen LogP contribution in [-0.2, 0) is 0 Å². The third kappa shape index (κ3) is 2.54. The van der Waals surface area contributed by atoms with Gasteiger partial charge >= 0.3 is 0 Å². The molecule has 3 heterocycles. The predicted octanol–water partition coefficient (Wildman–Crippen LogP) is 5.10. The first-order chi connectivity index (χ1) is 10.8. The maximum absolute atomic E-state index is 5.58. The molecule has 114 valence electrons. The molecule has 3 aromatic rings. The molecule has 22 heavy (non-hydrogen) atoms. The fraction of sp³-hybridized carbons (Fsp3) is 0.353. The van der Waals surface area contributed by atoms with Crippen molar-refractivity contribution in [1.82, 2.24) is 9.38 Å². The number of anilines is 1. The molecule has 0 aliphatic heterocycles. The van der Waals surface area contributed by atoms with E-state index in [0.29, 0.717) is 6.04 Å². The summed E-state index contributed by atoms with van der Waals surface area (Å²) in [5.74, 6) is 1.83. The highest BCUT2D eigenvalue weighted by Gasteiger charge is 2.20. The number of fused-ring (bicyclic) bond motifs is 1. The number of halogens is 1. The first-order valence-electron chi connectivity index (χ1n) is 7.79. The summed E-state index contributed by atoms with van der Waals surface area (Å²) >= 11 is 3.55. The molecule has 1 N–H and O–H groups in total. The number of aromatic nitrogens is 2. The van der Waals surface area contributed by atoms with Gasteiger partial charge < -0.3 is 9.73 Å². The zero-order valence-corrected chi connectivity index (χ0v) is 13.8. The van der Waals surface area contributed by atoms with Crippen LogP contribution in [0.1, 0.15) is 32.1 Å². The zero-order chi connectivity index (χ0) is 14.9. The van der Waals surface area contributed by atoms with Crippen LogP contribution in [0.5, 0.6) is 0 Å². The van der Waals surface area contributed by atoms with Gasteiger partial charge in [0.15, 0.2) is 5.76 Å². The molecule has 0 aromatic carbocycles. The summed E-state index contributed by atoms with van der Waals surface area (Å²) in [4.78, 5) is 4.75. The molecule has 5 heteroatoms. The van der Waals surface area contributed by atoms with Crippen LogP contribution in [-0.4, -0.2) is 15.4 Å². The van der Waals surface area contributed by atoms with Crippen LogP contribution in [0, 0.1) is 0 Å². The Morgan fingerprint density at radius 2 is 2.05 bits per heavy atom. The van der Waals surface area contributed by atoms with Crippen LogP contribution in [0.15, 0.2) is 45.6 Å². The van der Waals surface area contributed by atoms with Crippen molar-refractivity contribution in [1.29, 1.82) is 0 Å². The predicted molar refractivity (Wildman–Crippen MR) is 91.1 cm³/mol. The topological polar surface area (TPSA) is 42.5 Å². The molecular formula is C17H18BrN3O. The van der Waals surface area contributed by atoms with Gasteiger partial charge in [-0.15, -0.1) is 0 Å². The normalized spacial score (nSPS) is 16.2. The summed E-state index contributed by atoms with van der Waals surface area (Å²) in [6.45, 7) is 0. The Balaban J connectivity index is 1.81. The minimum atomic E-state index is 0.515. The number of furan rings is 1. The lowest BCUT2D eigenvalue weighted by molar-refractivity contribution is 0.461. The molecule has 0 radical (unpaired) electrons. The quantitative estimate of drug-likeness (QED) is 0.707. The van der Waals surface area contributed by atoms with Crippen molar-refractivity contribution in [3.05, 3.63) is 41.2 Å². The summed E-state index contributed by atoms with van der Waals surface area (Å²) in [6.07, 6.45) is 10.1. The van der Waals surface area contributed by atoms with E-state index >= 15 is 0 Å². The number of hydrogen-bond donors (Lipinski definition) is 1. The number of imidazole rings is 1. The maximum Gasteiger partial charge on any atom is 0.156 e. The minimum Gasteiger partial charge on any atom is -0.463 e. The third-order valence-electron chi connectivity index (χ3n) is 4.28. The highest BCUT2D eigenvalue weighted by Crippen LogP contribution is 2.32. The molecule has 0 unspecified atom stereocenters. The summed E-state index contributed by atoms with van der Waals surface area (Å²) in [5, 5.41) is 3.71. The van der Waals surface area contributed by atoms with Gasteiger partial charge in [-0.25, -0.2) is 4.98 Å². The molecule has 0 amide bonds. The molecule has 0 saturated heterocycles. The fourth-order valence-corrected chi connectivity index (χ4v) is 3.52. The fourth-order valence-electron chi connectivity index (χ4n) is 3.18. The third-order valence-corrected chi connectivity index (χ3v) is 4.75. The lowest BCUT2D eigenvalue weighted by Crippen LogP contribution is -2.23. The van der Waals surface area contributed by atoms with Gasteiger partial charge in [0.05, 0.1) is 6.26 Å².